The maximum atomic E-state index is 12.7. The molecule has 0 amide bonds. The van der Waals surface area contributed by atoms with Crippen LogP contribution in [-0.4, -0.2) is 117 Å². The Kier molecular flexibility index (Phi) is 23.1. The summed E-state index contributed by atoms with van der Waals surface area (Å²) in [6, 6.07) is 0. The molecule has 0 aromatic carbocycles. The average molecular weight is 839 g/mol. The molecule has 0 saturated carbocycles. The molecule has 0 aromatic rings. The fourth-order valence-electron chi connectivity index (χ4n) is 8.58. The van der Waals surface area contributed by atoms with Crippen LogP contribution in [0.1, 0.15) is 127 Å². The van der Waals surface area contributed by atoms with E-state index in [9.17, 15) is 29.1 Å². The predicted octanol–water partition coefficient (Wildman–Crippen LogP) is 6.42. The molecule has 1 saturated heterocycles. The molecule has 59 heavy (non-hydrogen) atoms. The molecule has 338 valence electrons. The van der Waals surface area contributed by atoms with Gasteiger partial charge in [-0.25, -0.2) is 0 Å². The Morgan fingerprint density at radius 1 is 0.763 bits per heavy atom. The van der Waals surface area contributed by atoms with Crippen LogP contribution in [0.5, 0.6) is 0 Å². The Labute approximate surface area is 352 Å². The van der Waals surface area contributed by atoms with Gasteiger partial charge in [-0.1, -0.05) is 45.9 Å². The van der Waals surface area contributed by atoms with Crippen molar-refractivity contribution in [1.29, 1.82) is 0 Å². The van der Waals surface area contributed by atoms with Crippen molar-refractivity contribution < 1.29 is 67.0 Å². The van der Waals surface area contributed by atoms with Gasteiger partial charge in [0.2, 0.25) is 0 Å². The van der Waals surface area contributed by atoms with E-state index >= 15 is 0 Å². The molecule has 1 N–H and O–H groups in total. The number of ether oxygens (including phenoxy) is 8. The van der Waals surface area contributed by atoms with Crippen molar-refractivity contribution >= 4 is 30.2 Å². The van der Waals surface area contributed by atoms with Gasteiger partial charge in [0.25, 0.3) is 0 Å². The minimum atomic E-state index is -0.892. The fourth-order valence-corrected chi connectivity index (χ4v) is 8.58. The van der Waals surface area contributed by atoms with Crippen LogP contribution in [0.25, 0.3) is 0 Å². The summed E-state index contributed by atoms with van der Waals surface area (Å²) in [5.41, 5.74) is 0.552. The summed E-state index contributed by atoms with van der Waals surface area (Å²) in [5.74, 6) is -3.87. The standard InChI is InChI=1S/C45H74O14/c1-26(25-46)16-18-36(51)21-37-14-13-15-38(59-37)23-41(53-12)29(4)42(55-32(7)47)24-43(56-33(8)48)30(5)45(58-35(10)50)31(6)44(57-34(9)49)27(2)17-19-39-22-40(52-11)20-28(3)54-39/h13-14,16,25,27-31,36-45,51H,15,17-24H2,1-12H3/b26-16+/t27-,28-,29+,30-,31-,36-,37-,38-,39-,40+,41-,42-,43+,44-,45-/m0/s1. The van der Waals surface area contributed by atoms with E-state index in [2.05, 4.69) is 0 Å². The van der Waals surface area contributed by atoms with Gasteiger partial charge >= 0.3 is 23.9 Å². The molecule has 2 heterocycles. The summed E-state index contributed by atoms with van der Waals surface area (Å²) >= 11 is 0. The van der Waals surface area contributed by atoms with Crippen LogP contribution in [0.4, 0.5) is 0 Å². The Morgan fingerprint density at radius 3 is 1.92 bits per heavy atom. The third-order valence-electron chi connectivity index (χ3n) is 11.7. The number of esters is 4. The van der Waals surface area contributed by atoms with Crippen molar-refractivity contribution in [3.05, 3.63) is 23.8 Å². The molecule has 14 heteroatoms. The second-order valence-corrected chi connectivity index (χ2v) is 16.9. The van der Waals surface area contributed by atoms with E-state index in [4.69, 9.17) is 37.9 Å². The largest absolute Gasteiger partial charge is 0.462 e. The highest BCUT2D eigenvalue weighted by Crippen LogP contribution is 2.36. The smallest absolute Gasteiger partial charge is 0.302 e. The van der Waals surface area contributed by atoms with Crippen LogP contribution in [0.2, 0.25) is 0 Å². The van der Waals surface area contributed by atoms with E-state index in [0.717, 1.165) is 19.1 Å². The lowest BCUT2D eigenvalue weighted by molar-refractivity contribution is -0.175. The van der Waals surface area contributed by atoms with Gasteiger partial charge in [-0.2, -0.15) is 0 Å². The molecule has 0 unspecified atom stereocenters. The van der Waals surface area contributed by atoms with Gasteiger partial charge in [-0.15, -0.1) is 0 Å². The molecule has 0 radical (unpaired) electrons. The lowest BCUT2D eigenvalue weighted by Gasteiger charge is -2.40. The first-order chi connectivity index (χ1) is 27.8. The highest BCUT2D eigenvalue weighted by atomic mass is 16.6. The molecule has 14 nitrogen and oxygen atoms in total. The normalized spacial score (nSPS) is 26.1. The second kappa shape index (κ2) is 26.2. The highest BCUT2D eigenvalue weighted by Gasteiger charge is 2.43. The van der Waals surface area contributed by atoms with E-state index in [1.165, 1.54) is 27.7 Å². The minimum Gasteiger partial charge on any atom is -0.462 e. The zero-order chi connectivity index (χ0) is 44.4. The lowest BCUT2D eigenvalue weighted by atomic mass is 9.78. The van der Waals surface area contributed by atoms with Crippen LogP contribution in [0.3, 0.4) is 0 Å². The van der Waals surface area contributed by atoms with Crippen LogP contribution in [-0.2, 0) is 61.9 Å². The number of carbonyl (C=O) groups is 5. The van der Waals surface area contributed by atoms with Crippen molar-refractivity contribution in [3.8, 4) is 0 Å². The minimum absolute atomic E-state index is 0.0190. The number of aliphatic hydroxyl groups is 1. The second-order valence-electron chi connectivity index (χ2n) is 16.9. The fraction of sp³-hybridized carbons (Fsp3) is 0.800. The summed E-state index contributed by atoms with van der Waals surface area (Å²) in [7, 11) is 3.28. The quantitative estimate of drug-likeness (QED) is 0.0350. The number of allylic oxidation sites excluding steroid dienone is 1. The Morgan fingerprint density at radius 2 is 1.36 bits per heavy atom. The van der Waals surface area contributed by atoms with Gasteiger partial charge in [0.15, 0.2) is 0 Å². The van der Waals surface area contributed by atoms with E-state index in [1.54, 1.807) is 27.2 Å². The summed E-state index contributed by atoms with van der Waals surface area (Å²) < 4.78 is 48.0. The zero-order valence-corrected chi connectivity index (χ0v) is 37.6. The van der Waals surface area contributed by atoms with E-state index in [1.807, 2.05) is 46.8 Å². The first-order valence-corrected chi connectivity index (χ1v) is 21.3. The Hall–Kier alpha value is -3.17. The molecular formula is C45H74O14. The van der Waals surface area contributed by atoms with Crippen molar-refractivity contribution in [2.24, 2.45) is 23.7 Å². The molecule has 0 aliphatic carbocycles. The molecular weight excluding hydrogens is 764 g/mol. The third kappa shape index (κ3) is 18.5. The number of aldehydes is 1. The number of rotatable bonds is 25. The van der Waals surface area contributed by atoms with Crippen molar-refractivity contribution in [2.75, 3.05) is 14.2 Å². The van der Waals surface area contributed by atoms with Gasteiger partial charge in [-0.05, 0) is 63.9 Å². The van der Waals surface area contributed by atoms with Gasteiger partial charge in [0.05, 0.1) is 42.7 Å². The third-order valence-corrected chi connectivity index (χ3v) is 11.7. The van der Waals surface area contributed by atoms with Gasteiger partial charge in [0.1, 0.15) is 30.7 Å². The predicted molar refractivity (Wildman–Crippen MR) is 220 cm³/mol. The monoisotopic (exact) mass is 839 g/mol. The number of hydrogen-bond donors (Lipinski definition) is 1. The number of hydrogen-bond acceptors (Lipinski definition) is 14. The first-order valence-electron chi connectivity index (χ1n) is 21.3. The first kappa shape index (κ1) is 52.0. The molecule has 15 atom stereocenters. The molecule has 0 aromatic heterocycles. The zero-order valence-electron chi connectivity index (χ0n) is 37.6. The van der Waals surface area contributed by atoms with E-state index in [0.29, 0.717) is 44.1 Å². The molecule has 0 spiro atoms. The Bertz CT molecular complexity index is 1380. The van der Waals surface area contributed by atoms with Gasteiger partial charge in [0, 0.05) is 78.9 Å². The van der Waals surface area contributed by atoms with E-state index < -0.39 is 78.3 Å². The van der Waals surface area contributed by atoms with Crippen LogP contribution >= 0.6 is 0 Å². The van der Waals surface area contributed by atoms with Crippen LogP contribution < -0.4 is 0 Å². The van der Waals surface area contributed by atoms with Crippen LogP contribution in [0.15, 0.2) is 23.8 Å². The number of aliphatic hydroxyl groups excluding tert-OH is 1. The maximum Gasteiger partial charge on any atom is 0.302 e. The van der Waals surface area contributed by atoms with E-state index in [-0.39, 0.29) is 42.9 Å². The Balaban J connectivity index is 2.33. The van der Waals surface area contributed by atoms with Gasteiger partial charge < -0.3 is 43.0 Å². The van der Waals surface area contributed by atoms with Gasteiger partial charge in [-0.3, -0.25) is 24.0 Å². The lowest BCUT2D eigenvalue weighted by Crippen LogP contribution is -2.48. The summed E-state index contributed by atoms with van der Waals surface area (Å²) in [5, 5.41) is 10.6. The summed E-state index contributed by atoms with van der Waals surface area (Å²) in [4.78, 5) is 61.4. The molecule has 2 rings (SSSR count). The van der Waals surface area contributed by atoms with Crippen molar-refractivity contribution in [3.63, 3.8) is 0 Å². The topological polar surface area (TPSA) is 179 Å². The van der Waals surface area contributed by atoms with Crippen LogP contribution in [0, 0.1) is 23.7 Å². The molecule has 0 bridgehead atoms. The number of carbonyl (C=O) groups excluding carboxylic acids is 5. The summed E-state index contributed by atoms with van der Waals surface area (Å²) in [6.45, 7) is 16.5. The average Bonchev–Trinajstić information content (AvgIpc) is 3.17. The van der Waals surface area contributed by atoms with Crippen molar-refractivity contribution in [2.45, 2.75) is 194 Å². The molecule has 2 aliphatic heterocycles. The summed E-state index contributed by atoms with van der Waals surface area (Å²) in [6.07, 6.45) is 6.32. The van der Waals surface area contributed by atoms with Crippen molar-refractivity contribution in [1.82, 2.24) is 0 Å². The molecule has 1 fully saturated rings. The SMILES string of the molecule is CO[C@H]1C[C@H](CC[C@H](C)[C@H](OC(C)=O)[C@H](C)[C@@H](OC(C)=O)[C@@H](C)[C@@H](C[C@H](OC(C)=O)[C@H](C)[C@H](C[C@@H]2CC=C[C@@H](C[C@@H](O)C/C=C(\C)C=O)O2)OC)OC(C)=O)O[C@@H](C)C1. The maximum absolute atomic E-state index is 12.7. The number of methoxy groups -OCH3 is 2. The molecule has 2 aliphatic rings. The highest BCUT2D eigenvalue weighted by molar-refractivity contribution is 5.72.